The van der Waals surface area contributed by atoms with E-state index >= 15 is 0 Å². The Kier molecular flexibility index (Phi) is 6.27. The minimum atomic E-state index is -0.276. The van der Waals surface area contributed by atoms with Crippen molar-refractivity contribution in [3.8, 4) is 5.75 Å². The minimum absolute atomic E-state index is 0.106. The summed E-state index contributed by atoms with van der Waals surface area (Å²) in [4.78, 5) is 26.0. The fourth-order valence-electron chi connectivity index (χ4n) is 2.91. The summed E-state index contributed by atoms with van der Waals surface area (Å²) < 4.78 is 5.12. The quantitative estimate of drug-likeness (QED) is 0.850. The van der Waals surface area contributed by atoms with E-state index in [1.54, 1.807) is 18.2 Å². The first kappa shape index (κ1) is 19.8. The molecule has 0 saturated carbocycles. The smallest absolute Gasteiger partial charge is 0.244 e. The highest BCUT2D eigenvalue weighted by molar-refractivity contribution is 6.32. The summed E-state index contributed by atoms with van der Waals surface area (Å²) in [6, 6.07) is 8.99. The number of ether oxygens (including phenoxy) is 1. The van der Waals surface area contributed by atoms with Crippen LogP contribution in [0.1, 0.15) is 23.6 Å². The number of methoxy groups -OCH3 is 1. The lowest BCUT2D eigenvalue weighted by atomic mass is 10.1. The molecule has 0 aliphatic heterocycles. The molecule has 2 rings (SSSR count). The van der Waals surface area contributed by atoms with Gasteiger partial charge in [0.15, 0.2) is 0 Å². The van der Waals surface area contributed by atoms with Crippen molar-refractivity contribution in [2.75, 3.05) is 23.9 Å². The van der Waals surface area contributed by atoms with Crippen LogP contribution in [0, 0.1) is 20.8 Å². The van der Waals surface area contributed by atoms with Gasteiger partial charge in [-0.05, 0) is 50.1 Å². The summed E-state index contributed by atoms with van der Waals surface area (Å²) in [5.74, 6) is -0.0183. The average molecular weight is 375 g/mol. The summed E-state index contributed by atoms with van der Waals surface area (Å²) in [7, 11) is 1.52. The molecular formula is C20H23ClN2O3. The van der Waals surface area contributed by atoms with Crippen LogP contribution in [0.3, 0.4) is 0 Å². The molecule has 0 fully saturated rings. The molecule has 0 aliphatic rings. The molecule has 138 valence electrons. The van der Waals surface area contributed by atoms with Gasteiger partial charge in [-0.25, -0.2) is 0 Å². The van der Waals surface area contributed by atoms with Crippen molar-refractivity contribution >= 4 is 34.8 Å². The van der Waals surface area contributed by atoms with Gasteiger partial charge in [0.2, 0.25) is 11.8 Å². The standard InChI is InChI=1S/C20H23ClN2O3/c1-12-8-13(2)20(14(3)9-12)22-19(25)11-23(15(4)24)16-6-7-18(26-5)17(21)10-16/h6-10H,11H2,1-5H3,(H,22,25). The summed E-state index contributed by atoms with van der Waals surface area (Å²) in [5.41, 5.74) is 4.42. The van der Waals surface area contributed by atoms with Gasteiger partial charge in [0.25, 0.3) is 0 Å². The van der Waals surface area contributed by atoms with Crippen LogP contribution in [0.4, 0.5) is 11.4 Å². The second kappa shape index (κ2) is 8.23. The molecule has 2 amide bonds. The molecule has 2 aromatic rings. The molecule has 0 unspecified atom stereocenters. The zero-order chi connectivity index (χ0) is 19.4. The maximum Gasteiger partial charge on any atom is 0.244 e. The second-order valence-corrected chi connectivity index (χ2v) is 6.65. The van der Waals surface area contributed by atoms with Crippen molar-refractivity contribution in [3.05, 3.63) is 52.0 Å². The number of nitrogens with zero attached hydrogens (tertiary/aromatic N) is 1. The third-order valence-corrected chi connectivity index (χ3v) is 4.37. The van der Waals surface area contributed by atoms with Crippen LogP contribution >= 0.6 is 11.6 Å². The summed E-state index contributed by atoms with van der Waals surface area (Å²) in [6.45, 7) is 7.21. The predicted molar refractivity (Wildman–Crippen MR) is 105 cm³/mol. The van der Waals surface area contributed by atoms with Crippen molar-refractivity contribution in [1.82, 2.24) is 0 Å². The molecule has 0 heterocycles. The molecule has 0 aromatic heterocycles. The van der Waals surface area contributed by atoms with Gasteiger partial charge in [-0.15, -0.1) is 0 Å². The first-order valence-corrected chi connectivity index (χ1v) is 8.60. The van der Waals surface area contributed by atoms with Gasteiger partial charge in [0.05, 0.1) is 12.1 Å². The van der Waals surface area contributed by atoms with Gasteiger partial charge in [0, 0.05) is 18.3 Å². The van der Waals surface area contributed by atoms with Gasteiger partial charge in [-0.1, -0.05) is 29.3 Å². The number of amides is 2. The van der Waals surface area contributed by atoms with Crippen molar-refractivity contribution in [2.45, 2.75) is 27.7 Å². The van der Waals surface area contributed by atoms with E-state index in [0.29, 0.717) is 16.5 Å². The highest BCUT2D eigenvalue weighted by Crippen LogP contribution is 2.29. The van der Waals surface area contributed by atoms with Gasteiger partial charge in [-0.2, -0.15) is 0 Å². The summed E-state index contributed by atoms with van der Waals surface area (Å²) in [6.07, 6.45) is 0. The number of hydrogen-bond acceptors (Lipinski definition) is 3. The van der Waals surface area contributed by atoms with Gasteiger partial charge in [-0.3, -0.25) is 9.59 Å². The minimum Gasteiger partial charge on any atom is -0.495 e. The Hall–Kier alpha value is -2.53. The van der Waals surface area contributed by atoms with E-state index in [1.807, 2.05) is 32.9 Å². The Morgan fingerprint density at radius 3 is 2.23 bits per heavy atom. The molecule has 2 aromatic carbocycles. The first-order valence-electron chi connectivity index (χ1n) is 8.22. The fourth-order valence-corrected chi connectivity index (χ4v) is 3.16. The van der Waals surface area contributed by atoms with Crippen molar-refractivity contribution in [1.29, 1.82) is 0 Å². The Morgan fingerprint density at radius 1 is 1.12 bits per heavy atom. The number of benzene rings is 2. The lowest BCUT2D eigenvalue weighted by Gasteiger charge is -2.22. The number of halogens is 1. The predicted octanol–water partition coefficient (Wildman–Crippen LogP) is 4.27. The van der Waals surface area contributed by atoms with Gasteiger partial charge >= 0.3 is 0 Å². The normalized spacial score (nSPS) is 10.4. The van der Waals surface area contributed by atoms with Crippen molar-refractivity contribution in [3.63, 3.8) is 0 Å². The van der Waals surface area contributed by atoms with Gasteiger partial charge in [0.1, 0.15) is 12.3 Å². The molecule has 1 N–H and O–H groups in total. The zero-order valence-corrected chi connectivity index (χ0v) is 16.4. The van der Waals surface area contributed by atoms with E-state index in [0.717, 1.165) is 22.4 Å². The Morgan fingerprint density at radius 2 is 1.73 bits per heavy atom. The summed E-state index contributed by atoms with van der Waals surface area (Å²) >= 11 is 6.14. The van der Waals surface area contributed by atoms with E-state index in [2.05, 4.69) is 5.32 Å². The molecule has 5 nitrogen and oxygen atoms in total. The number of rotatable bonds is 5. The van der Waals surface area contributed by atoms with Crippen LogP contribution in [-0.4, -0.2) is 25.5 Å². The number of carbonyl (C=O) groups excluding carboxylic acids is 2. The number of anilines is 2. The third-order valence-electron chi connectivity index (χ3n) is 4.07. The monoisotopic (exact) mass is 374 g/mol. The molecule has 0 radical (unpaired) electrons. The van der Waals surface area contributed by atoms with Crippen LogP contribution < -0.4 is 15.0 Å². The third kappa shape index (κ3) is 4.55. The van der Waals surface area contributed by atoms with Crippen LogP contribution in [0.15, 0.2) is 30.3 Å². The van der Waals surface area contributed by atoms with Crippen LogP contribution in [0.5, 0.6) is 5.75 Å². The molecule has 0 atom stereocenters. The van der Waals surface area contributed by atoms with Crippen molar-refractivity contribution < 1.29 is 14.3 Å². The lowest BCUT2D eigenvalue weighted by molar-refractivity contribution is -0.120. The summed E-state index contributed by atoms with van der Waals surface area (Å²) in [5, 5.41) is 3.28. The highest BCUT2D eigenvalue weighted by atomic mass is 35.5. The Balaban J connectivity index is 2.22. The highest BCUT2D eigenvalue weighted by Gasteiger charge is 2.18. The number of hydrogen-bond donors (Lipinski definition) is 1. The maximum absolute atomic E-state index is 12.5. The molecule has 0 bridgehead atoms. The zero-order valence-electron chi connectivity index (χ0n) is 15.6. The van der Waals surface area contributed by atoms with E-state index in [4.69, 9.17) is 16.3 Å². The van der Waals surface area contributed by atoms with E-state index in [9.17, 15) is 9.59 Å². The van der Waals surface area contributed by atoms with Gasteiger partial charge < -0.3 is 15.0 Å². The van der Waals surface area contributed by atoms with E-state index in [1.165, 1.54) is 18.9 Å². The SMILES string of the molecule is COc1ccc(N(CC(=O)Nc2c(C)cc(C)cc2C)C(C)=O)cc1Cl. The number of nitrogens with one attached hydrogen (secondary N) is 1. The van der Waals surface area contributed by atoms with Crippen LogP contribution in [0.25, 0.3) is 0 Å². The Bertz CT molecular complexity index is 826. The molecule has 0 spiro atoms. The second-order valence-electron chi connectivity index (χ2n) is 6.25. The first-order chi connectivity index (χ1) is 12.2. The Labute approximate surface area is 158 Å². The largest absolute Gasteiger partial charge is 0.495 e. The van der Waals surface area contributed by atoms with Crippen molar-refractivity contribution in [2.24, 2.45) is 0 Å². The van der Waals surface area contributed by atoms with E-state index in [-0.39, 0.29) is 18.4 Å². The molecule has 6 heteroatoms. The molecular weight excluding hydrogens is 352 g/mol. The molecule has 0 aliphatic carbocycles. The number of carbonyl (C=O) groups is 2. The fraction of sp³-hybridized carbons (Fsp3) is 0.300. The van der Waals surface area contributed by atoms with E-state index < -0.39 is 0 Å². The number of aryl methyl sites for hydroxylation is 3. The maximum atomic E-state index is 12.5. The molecule has 26 heavy (non-hydrogen) atoms. The van der Waals surface area contributed by atoms with Crippen LogP contribution in [-0.2, 0) is 9.59 Å². The average Bonchev–Trinajstić information content (AvgIpc) is 2.55. The molecule has 0 saturated heterocycles. The van der Waals surface area contributed by atoms with Crippen LogP contribution in [0.2, 0.25) is 5.02 Å². The topological polar surface area (TPSA) is 58.6 Å². The lowest BCUT2D eigenvalue weighted by Crippen LogP contribution is -2.36.